The van der Waals surface area contributed by atoms with Gasteiger partial charge in [0.1, 0.15) is 17.7 Å². The van der Waals surface area contributed by atoms with Crippen LogP contribution >= 0.6 is 11.3 Å². The highest BCUT2D eigenvalue weighted by atomic mass is 32.1. The van der Waals surface area contributed by atoms with Crippen molar-refractivity contribution in [1.82, 2.24) is 0 Å². The van der Waals surface area contributed by atoms with Crippen LogP contribution in [0.5, 0.6) is 0 Å². The maximum atomic E-state index is 13.7. The third kappa shape index (κ3) is 2.31. The molecule has 96 valence electrons. The van der Waals surface area contributed by atoms with Crippen molar-refractivity contribution in [2.45, 2.75) is 26.9 Å². The molecule has 0 aliphatic carbocycles. The highest BCUT2D eigenvalue weighted by Crippen LogP contribution is 2.32. The number of aryl methyl sites for hydroxylation is 3. The highest BCUT2D eigenvalue weighted by molar-refractivity contribution is 7.12. The molecule has 0 aliphatic rings. The molecule has 0 spiro atoms. The van der Waals surface area contributed by atoms with Crippen LogP contribution in [0.4, 0.5) is 8.78 Å². The summed E-state index contributed by atoms with van der Waals surface area (Å²) in [5, 5.41) is 10.2. The van der Waals surface area contributed by atoms with Crippen LogP contribution < -0.4 is 0 Å². The van der Waals surface area contributed by atoms with Gasteiger partial charge in [-0.1, -0.05) is 0 Å². The Morgan fingerprint density at radius 2 is 1.67 bits per heavy atom. The molecule has 2 aromatic rings. The summed E-state index contributed by atoms with van der Waals surface area (Å²) in [5.74, 6) is -1.31. The van der Waals surface area contributed by atoms with Crippen LogP contribution in [0.15, 0.2) is 18.2 Å². The number of thiophene rings is 1. The van der Waals surface area contributed by atoms with E-state index in [9.17, 15) is 13.9 Å². The van der Waals surface area contributed by atoms with Gasteiger partial charge in [-0.25, -0.2) is 8.78 Å². The lowest BCUT2D eigenvalue weighted by Crippen LogP contribution is -2.04. The van der Waals surface area contributed by atoms with E-state index in [1.54, 1.807) is 18.3 Å². The molecule has 1 unspecified atom stereocenters. The molecular formula is C14H14F2OS. The Morgan fingerprint density at radius 3 is 2.22 bits per heavy atom. The second kappa shape index (κ2) is 4.78. The molecule has 1 aromatic heterocycles. The number of aliphatic hydroxyl groups excluding tert-OH is 1. The zero-order valence-corrected chi connectivity index (χ0v) is 11.2. The van der Waals surface area contributed by atoms with Gasteiger partial charge in [0.05, 0.1) is 0 Å². The molecule has 4 heteroatoms. The number of aliphatic hydroxyl groups is 1. The fourth-order valence-electron chi connectivity index (χ4n) is 1.98. The summed E-state index contributed by atoms with van der Waals surface area (Å²) in [6.07, 6.45) is -1.05. The SMILES string of the molecule is Cc1cc(C(O)c2cc(C)c(F)cc2F)c(C)s1. The fourth-order valence-corrected chi connectivity index (χ4v) is 2.94. The zero-order valence-electron chi connectivity index (χ0n) is 10.4. The summed E-state index contributed by atoms with van der Waals surface area (Å²) < 4.78 is 26.9. The summed E-state index contributed by atoms with van der Waals surface area (Å²) in [4.78, 5) is 2.00. The number of halogens is 2. The van der Waals surface area contributed by atoms with E-state index in [1.807, 2.05) is 19.9 Å². The smallest absolute Gasteiger partial charge is 0.132 e. The van der Waals surface area contributed by atoms with Gasteiger partial charge in [0.2, 0.25) is 0 Å². The molecule has 0 bridgehead atoms. The Hall–Kier alpha value is -1.26. The Bertz CT molecular complexity index is 590. The van der Waals surface area contributed by atoms with Crippen molar-refractivity contribution in [3.8, 4) is 0 Å². The van der Waals surface area contributed by atoms with Crippen molar-refractivity contribution in [1.29, 1.82) is 0 Å². The van der Waals surface area contributed by atoms with Crippen LogP contribution in [-0.2, 0) is 0 Å². The first kappa shape index (κ1) is 13.2. The highest BCUT2D eigenvalue weighted by Gasteiger charge is 2.20. The van der Waals surface area contributed by atoms with Crippen LogP contribution in [0.1, 0.15) is 32.5 Å². The third-order valence-electron chi connectivity index (χ3n) is 2.95. The van der Waals surface area contributed by atoms with Gasteiger partial charge in [0, 0.05) is 21.4 Å². The van der Waals surface area contributed by atoms with Crippen molar-refractivity contribution >= 4 is 11.3 Å². The van der Waals surface area contributed by atoms with Gasteiger partial charge in [0.15, 0.2) is 0 Å². The Labute approximate surface area is 109 Å². The molecule has 1 heterocycles. The van der Waals surface area contributed by atoms with Crippen molar-refractivity contribution in [2.75, 3.05) is 0 Å². The minimum Gasteiger partial charge on any atom is -0.384 e. The maximum absolute atomic E-state index is 13.7. The lowest BCUT2D eigenvalue weighted by atomic mass is 9.99. The van der Waals surface area contributed by atoms with Gasteiger partial charge in [0.25, 0.3) is 0 Å². The predicted molar refractivity (Wildman–Crippen MR) is 68.9 cm³/mol. The Morgan fingerprint density at radius 1 is 1.00 bits per heavy atom. The van der Waals surface area contributed by atoms with Crippen molar-refractivity contribution < 1.29 is 13.9 Å². The van der Waals surface area contributed by atoms with Gasteiger partial charge >= 0.3 is 0 Å². The summed E-state index contributed by atoms with van der Waals surface area (Å²) in [7, 11) is 0. The number of rotatable bonds is 2. The number of hydrogen-bond acceptors (Lipinski definition) is 2. The molecule has 2 rings (SSSR count). The molecule has 1 nitrogen and oxygen atoms in total. The first-order chi connectivity index (χ1) is 8.40. The average molecular weight is 268 g/mol. The fraction of sp³-hybridized carbons (Fsp3) is 0.286. The summed E-state index contributed by atoms with van der Waals surface area (Å²) in [6, 6.07) is 4.02. The van der Waals surface area contributed by atoms with Crippen LogP contribution in [0.25, 0.3) is 0 Å². The van der Waals surface area contributed by atoms with Crippen molar-refractivity contribution in [2.24, 2.45) is 0 Å². The molecule has 0 saturated heterocycles. The molecule has 18 heavy (non-hydrogen) atoms. The minimum atomic E-state index is -1.05. The minimum absolute atomic E-state index is 0.120. The lowest BCUT2D eigenvalue weighted by molar-refractivity contribution is 0.214. The van der Waals surface area contributed by atoms with Gasteiger partial charge in [-0.3, -0.25) is 0 Å². The third-order valence-corrected chi connectivity index (χ3v) is 3.93. The topological polar surface area (TPSA) is 20.2 Å². The predicted octanol–water partition coefficient (Wildman–Crippen LogP) is 4.03. The molecule has 0 radical (unpaired) electrons. The molecule has 1 atom stereocenters. The molecule has 0 saturated carbocycles. The van der Waals surface area contributed by atoms with Crippen LogP contribution in [0, 0.1) is 32.4 Å². The van der Waals surface area contributed by atoms with E-state index in [1.165, 1.54) is 6.07 Å². The second-order valence-corrected chi connectivity index (χ2v) is 5.85. The first-order valence-corrected chi connectivity index (χ1v) is 6.42. The van der Waals surface area contributed by atoms with E-state index in [0.29, 0.717) is 11.1 Å². The molecule has 0 fully saturated rings. The van der Waals surface area contributed by atoms with E-state index < -0.39 is 17.7 Å². The van der Waals surface area contributed by atoms with E-state index in [2.05, 4.69) is 0 Å². The molecule has 0 amide bonds. The second-order valence-electron chi connectivity index (χ2n) is 4.39. The Kier molecular flexibility index (Phi) is 3.50. The summed E-state index contributed by atoms with van der Waals surface area (Å²) in [6.45, 7) is 5.36. The van der Waals surface area contributed by atoms with E-state index in [0.717, 1.165) is 15.8 Å². The lowest BCUT2D eigenvalue weighted by Gasteiger charge is -2.13. The standard InChI is InChI=1S/C14H14F2OS/c1-7-4-11(13(16)6-12(7)15)14(17)10-5-8(2)18-9(10)3/h4-6,14,17H,1-3H3. The van der Waals surface area contributed by atoms with E-state index >= 15 is 0 Å². The van der Waals surface area contributed by atoms with E-state index in [-0.39, 0.29) is 5.56 Å². The molecule has 1 aromatic carbocycles. The van der Waals surface area contributed by atoms with Crippen LogP contribution in [0.3, 0.4) is 0 Å². The normalized spacial score (nSPS) is 12.8. The van der Waals surface area contributed by atoms with Gasteiger partial charge < -0.3 is 5.11 Å². The zero-order chi connectivity index (χ0) is 13.4. The summed E-state index contributed by atoms with van der Waals surface area (Å²) in [5.41, 5.74) is 1.13. The largest absolute Gasteiger partial charge is 0.384 e. The average Bonchev–Trinajstić information content (AvgIpc) is 2.62. The molecule has 1 N–H and O–H groups in total. The van der Waals surface area contributed by atoms with Crippen LogP contribution in [-0.4, -0.2) is 5.11 Å². The van der Waals surface area contributed by atoms with Gasteiger partial charge in [-0.05, 0) is 44.0 Å². The quantitative estimate of drug-likeness (QED) is 0.871. The Balaban J connectivity index is 2.49. The number of benzene rings is 1. The first-order valence-electron chi connectivity index (χ1n) is 5.60. The van der Waals surface area contributed by atoms with Gasteiger partial charge in [-0.15, -0.1) is 11.3 Å². The van der Waals surface area contributed by atoms with Crippen molar-refractivity contribution in [3.05, 3.63) is 56.3 Å². The number of hydrogen-bond donors (Lipinski definition) is 1. The monoisotopic (exact) mass is 268 g/mol. The van der Waals surface area contributed by atoms with Crippen molar-refractivity contribution in [3.63, 3.8) is 0 Å². The van der Waals surface area contributed by atoms with E-state index in [4.69, 9.17) is 0 Å². The summed E-state index contributed by atoms with van der Waals surface area (Å²) >= 11 is 1.55. The van der Waals surface area contributed by atoms with Gasteiger partial charge in [-0.2, -0.15) is 0 Å². The van der Waals surface area contributed by atoms with Crippen LogP contribution in [0.2, 0.25) is 0 Å². The maximum Gasteiger partial charge on any atom is 0.132 e. The molecular weight excluding hydrogens is 254 g/mol. The molecule has 0 aliphatic heterocycles.